The molecule has 124 valence electrons. The molecule has 5 heteroatoms. The van der Waals surface area contributed by atoms with Gasteiger partial charge in [0.25, 0.3) is 0 Å². The maximum atomic E-state index is 5.88. The van der Waals surface area contributed by atoms with E-state index in [2.05, 4.69) is 50.2 Å². The fraction of sp³-hybridized carbons (Fsp3) is 0.333. The standard InChI is InChI=1S/C18H21Br2NO2/c1-3-9-23-18-13(10-14(19)11-17(18)20)12-21-15-5-7-16(8-6-15)22-4-2/h5-8,10-11,21H,3-4,9,12H2,1-2H3. The van der Waals surface area contributed by atoms with Gasteiger partial charge in [-0.3, -0.25) is 0 Å². The third kappa shape index (κ3) is 5.43. The third-order valence-corrected chi connectivity index (χ3v) is 4.23. The zero-order valence-electron chi connectivity index (χ0n) is 13.4. The van der Waals surface area contributed by atoms with Gasteiger partial charge in [-0.25, -0.2) is 0 Å². The normalized spacial score (nSPS) is 10.4. The minimum Gasteiger partial charge on any atom is -0.494 e. The molecule has 0 saturated carbocycles. The summed E-state index contributed by atoms with van der Waals surface area (Å²) in [5.41, 5.74) is 2.15. The zero-order chi connectivity index (χ0) is 16.7. The largest absolute Gasteiger partial charge is 0.494 e. The number of ether oxygens (including phenoxy) is 2. The number of rotatable bonds is 8. The van der Waals surface area contributed by atoms with Crippen LogP contribution >= 0.6 is 31.9 Å². The average Bonchev–Trinajstić information content (AvgIpc) is 2.53. The second-order valence-corrected chi connectivity index (χ2v) is 6.81. The van der Waals surface area contributed by atoms with Gasteiger partial charge >= 0.3 is 0 Å². The fourth-order valence-corrected chi connectivity index (χ4v) is 3.57. The van der Waals surface area contributed by atoms with E-state index in [1.807, 2.05) is 37.3 Å². The Morgan fingerprint density at radius 3 is 2.39 bits per heavy atom. The second kappa shape index (κ2) is 9.18. The number of hydrogen-bond donors (Lipinski definition) is 1. The Labute approximate surface area is 154 Å². The molecule has 0 aliphatic rings. The number of hydrogen-bond acceptors (Lipinski definition) is 3. The summed E-state index contributed by atoms with van der Waals surface area (Å²) >= 11 is 7.12. The summed E-state index contributed by atoms with van der Waals surface area (Å²) in [7, 11) is 0. The average molecular weight is 443 g/mol. The van der Waals surface area contributed by atoms with Gasteiger partial charge in [-0.2, -0.15) is 0 Å². The van der Waals surface area contributed by atoms with Gasteiger partial charge in [0.1, 0.15) is 11.5 Å². The Bertz CT molecular complexity index is 630. The summed E-state index contributed by atoms with van der Waals surface area (Å²) in [5, 5.41) is 3.42. The van der Waals surface area contributed by atoms with Gasteiger partial charge in [-0.05, 0) is 65.7 Å². The fourth-order valence-electron chi connectivity index (χ4n) is 2.14. The van der Waals surface area contributed by atoms with E-state index in [9.17, 15) is 0 Å². The summed E-state index contributed by atoms with van der Waals surface area (Å²) < 4.78 is 13.3. The molecule has 1 N–H and O–H groups in total. The van der Waals surface area contributed by atoms with Crippen molar-refractivity contribution in [1.82, 2.24) is 0 Å². The first-order chi connectivity index (χ1) is 11.1. The minimum atomic E-state index is 0.678. The van der Waals surface area contributed by atoms with E-state index in [1.165, 1.54) is 0 Å². The van der Waals surface area contributed by atoms with Crippen LogP contribution in [0.5, 0.6) is 11.5 Å². The van der Waals surface area contributed by atoms with E-state index in [-0.39, 0.29) is 0 Å². The Morgan fingerprint density at radius 2 is 1.74 bits per heavy atom. The highest BCUT2D eigenvalue weighted by Crippen LogP contribution is 2.33. The van der Waals surface area contributed by atoms with Gasteiger partial charge in [0.15, 0.2) is 0 Å². The molecule has 2 aromatic rings. The van der Waals surface area contributed by atoms with E-state index in [0.717, 1.165) is 38.1 Å². The first-order valence-electron chi connectivity index (χ1n) is 7.71. The number of halogens is 2. The van der Waals surface area contributed by atoms with Gasteiger partial charge in [0, 0.05) is 22.3 Å². The molecule has 2 rings (SSSR count). The Kier molecular flexibility index (Phi) is 7.24. The molecule has 23 heavy (non-hydrogen) atoms. The zero-order valence-corrected chi connectivity index (χ0v) is 16.5. The molecule has 0 heterocycles. The second-order valence-electron chi connectivity index (χ2n) is 5.04. The lowest BCUT2D eigenvalue weighted by molar-refractivity contribution is 0.312. The Balaban J connectivity index is 2.09. The van der Waals surface area contributed by atoms with Crippen molar-refractivity contribution in [3.05, 3.63) is 50.9 Å². The van der Waals surface area contributed by atoms with Crippen molar-refractivity contribution in [3.8, 4) is 11.5 Å². The maximum Gasteiger partial charge on any atom is 0.138 e. The smallest absolute Gasteiger partial charge is 0.138 e. The molecular formula is C18H21Br2NO2. The monoisotopic (exact) mass is 441 g/mol. The molecular weight excluding hydrogens is 422 g/mol. The van der Waals surface area contributed by atoms with Crippen LogP contribution in [0.1, 0.15) is 25.8 Å². The topological polar surface area (TPSA) is 30.5 Å². The van der Waals surface area contributed by atoms with E-state index in [1.54, 1.807) is 0 Å². The van der Waals surface area contributed by atoms with Crippen LogP contribution in [0.4, 0.5) is 5.69 Å². The molecule has 0 amide bonds. The van der Waals surface area contributed by atoms with E-state index in [4.69, 9.17) is 9.47 Å². The van der Waals surface area contributed by atoms with Crippen LogP contribution in [0, 0.1) is 0 Å². The summed E-state index contributed by atoms with van der Waals surface area (Å²) in [6.45, 7) is 6.15. The summed E-state index contributed by atoms with van der Waals surface area (Å²) in [6.07, 6.45) is 0.980. The van der Waals surface area contributed by atoms with E-state index in [0.29, 0.717) is 19.8 Å². The first-order valence-corrected chi connectivity index (χ1v) is 9.30. The molecule has 2 aromatic carbocycles. The molecule has 0 bridgehead atoms. The summed E-state index contributed by atoms with van der Waals surface area (Å²) in [5.74, 6) is 1.78. The number of nitrogens with one attached hydrogen (secondary N) is 1. The molecule has 3 nitrogen and oxygen atoms in total. The summed E-state index contributed by atoms with van der Waals surface area (Å²) in [4.78, 5) is 0. The highest BCUT2D eigenvalue weighted by Gasteiger charge is 2.10. The van der Waals surface area contributed by atoms with Crippen molar-refractivity contribution >= 4 is 37.5 Å². The van der Waals surface area contributed by atoms with Crippen LogP contribution in [0.3, 0.4) is 0 Å². The van der Waals surface area contributed by atoms with Crippen LogP contribution in [0.2, 0.25) is 0 Å². The molecule has 0 atom stereocenters. The van der Waals surface area contributed by atoms with Gasteiger partial charge in [0.2, 0.25) is 0 Å². The minimum absolute atomic E-state index is 0.678. The quantitative estimate of drug-likeness (QED) is 0.542. The van der Waals surface area contributed by atoms with Crippen LogP contribution in [-0.2, 0) is 6.54 Å². The van der Waals surface area contributed by atoms with Crippen molar-refractivity contribution < 1.29 is 9.47 Å². The van der Waals surface area contributed by atoms with Crippen LogP contribution < -0.4 is 14.8 Å². The van der Waals surface area contributed by atoms with Crippen LogP contribution in [-0.4, -0.2) is 13.2 Å². The van der Waals surface area contributed by atoms with Gasteiger partial charge in [-0.15, -0.1) is 0 Å². The van der Waals surface area contributed by atoms with Crippen LogP contribution in [0.15, 0.2) is 45.3 Å². The van der Waals surface area contributed by atoms with Crippen molar-refractivity contribution in [2.45, 2.75) is 26.8 Å². The van der Waals surface area contributed by atoms with E-state index < -0.39 is 0 Å². The lowest BCUT2D eigenvalue weighted by Gasteiger charge is -2.15. The predicted molar refractivity (Wildman–Crippen MR) is 103 cm³/mol. The lowest BCUT2D eigenvalue weighted by Crippen LogP contribution is -2.05. The molecule has 0 saturated heterocycles. The molecule has 0 radical (unpaired) electrons. The lowest BCUT2D eigenvalue weighted by atomic mass is 10.2. The maximum absolute atomic E-state index is 5.88. The number of benzene rings is 2. The molecule has 0 aliphatic carbocycles. The molecule has 0 unspecified atom stereocenters. The highest BCUT2D eigenvalue weighted by molar-refractivity contribution is 9.11. The van der Waals surface area contributed by atoms with Gasteiger partial charge in [0.05, 0.1) is 17.7 Å². The molecule has 0 aliphatic heterocycles. The van der Waals surface area contributed by atoms with E-state index >= 15 is 0 Å². The molecule has 0 fully saturated rings. The molecule has 0 aromatic heterocycles. The Morgan fingerprint density at radius 1 is 1.00 bits per heavy atom. The van der Waals surface area contributed by atoms with Crippen molar-refractivity contribution in [2.75, 3.05) is 18.5 Å². The SMILES string of the molecule is CCCOc1c(Br)cc(Br)cc1CNc1ccc(OCC)cc1. The Hall–Kier alpha value is -1.20. The highest BCUT2D eigenvalue weighted by atomic mass is 79.9. The van der Waals surface area contributed by atoms with Crippen molar-refractivity contribution in [2.24, 2.45) is 0 Å². The summed E-state index contributed by atoms with van der Waals surface area (Å²) in [6, 6.07) is 12.1. The molecule has 0 spiro atoms. The number of anilines is 1. The van der Waals surface area contributed by atoms with Gasteiger partial charge in [-0.1, -0.05) is 22.9 Å². The predicted octanol–water partition coefficient (Wildman–Crippen LogP) is 6.01. The van der Waals surface area contributed by atoms with Crippen LogP contribution in [0.25, 0.3) is 0 Å². The third-order valence-electron chi connectivity index (χ3n) is 3.18. The van der Waals surface area contributed by atoms with Crippen molar-refractivity contribution in [3.63, 3.8) is 0 Å². The van der Waals surface area contributed by atoms with Crippen molar-refractivity contribution in [1.29, 1.82) is 0 Å². The first kappa shape index (κ1) is 18.1. The van der Waals surface area contributed by atoms with Gasteiger partial charge < -0.3 is 14.8 Å².